The van der Waals surface area contributed by atoms with Gasteiger partial charge >= 0.3 is 0 Å². The molecule has 23 heavy (non-hydrogen) atoms. The van der Waals surface area contributed by atoms with Crippen molar-refractivity contribution in [3.63, 3.8) is 0 Å². The van der Waals surface area contributed by atoms with Crippen molar-refractivity contribution < 1.29 is 9.53 Å². The van der Waals surface area contributed by atoms with Crippen LogP contribution in [0.15, 0.2) is 40.5 Å². The van der Waals surface area contributed by atoms with Crippen LogP contribution in [0.3, 0.4) is 0 Å². The summed E-state index contributed by atoms with van der Waals surface area (Å²) < 4.78 is 5.31. The largest absolute Gasteiger partial charge is 0.364 e. The maximum absolute atomic E-state index is 11.3. The van der Waals surface area contributed by atoms with E-state index in [0.717, 1.165) is 27.0 Å². The minimum absolute atomic E-state index is 0.0421. The Balaban J connectivity index is 1.92. The van der Waals surface area contributed by atoms with Crippen molar-refractivity contribution in [3.8, 4) is 0 Å². The normalized spacial score (nSPS) is 12.5. The average molecular weight is 351 g/mol. The number of aromatic nitrogens is 2. The van der Waals surface area contributed by atoms with Crippen LogP contribution in [-0.4, -0.2) is 35.6 Å². The zero-order valence-electron chi connectivity index (χ0n) is 12.5. The molecule has 0 fully saturated rings. The fourth-order valence-electron chi connectivity index (χ4n) is 2.27. The van der Waals surface area contributed by atoms with Gasteiger partial charge < -0.3 is 10.1 Å². The number of carbonyl (C=O) groups excluding carboxylic acids is 1. The van der Waals surface area contributed by atoms with Crippen molar-refractivity contribution in [2.45, 2.75) is 16.5 Å². The average Bonchev–Trinajstić information content (AvgIpc) is 2.59. The molecule has 0 saturated heterocycles. The summed E-state index contributed by atoms with van der Waals surface area (Å²) in [6.07, 6.45) is 3.34. The highest BCUT2D eigenvalue weighted by atomic mass is 35.5. The van der Waals surface area contributed by atoms with Gasteiger partial charge in [-0.05, 0) is 17.7 Å². The standard InChI is InChI=1S/C15H15ClN4O2S/c1-22-9-20-11-6-10(8-19-13(21)7-16)2-3-12(11)23-15-14(20)17-4-5-18-15/h2-6H,7-9H2,1H3,(H,19,21). The van der Waals surface area contributed by atoms with Gasteiger partial charge in [0.25, 0.3) is 0 Å². The van der Waals surface area contributed by atoms with Crippen LogP contribution in [0, 0.1) is 0 Å². The number of hydrogen-bond donors (Lipinski definition) is 1. The third kappa shape index (κ3) is 3.41. The first kappa shape index (κ1) is 16.0. The minimum atomic E-state index is -0.191. The Kier molecular flexibility index (Phi) is 5.00. The van der Waals surface area contributed by atoms with Gasteiger partial charge in [-0.2, -0.15) is 0 Å². The first-order chi connectivity index (χ1) is 11.2. The lowest BCUT2D eigenvalue weighted by Crippen LogP contribution is -2.26. The summed E-state index contributed by atoms with van der Waals surface area (Å²) in [6.45, 7) is 0.800. The fraction of sp³-hybridized carbons (Fsp3) is 0.267. The lowest BCUT2D eigenvalue weighted by Gasteiger charge is -2.30. The van der Waals surface area contributed by atoms with Gasteiger partial charge in [-0.3, -0.25) is 9.69 Å². The van der Waals surface area contributed by atoms with E-state index in [4.69, 9.17) is 16.3 Å². The number of anilines is 2. The van der Waals surface area contributed by atoms with Gasteiger partial charge in [-0.1, -0.05) is 17.8 Å². The van der Waals surface area contributed by atoms with E-state index in [1.165, 1.54) is 0 Å². The molecule has 1 aromatic heterocycles. The number of rotatable bonds is 5. The molecule has 120 valence electrons. The molecule has 0 radical (unpaired) electrons. The highest BCUT2D eigenvalue weighted by Gasteiger charge is 2.25. The first-order valence-corrected chi connectivity index (χ1v) is 8.29. The predicted octanol–water partition coefficient (Wildman–Crippen LogP) is 2.54. The highest BCUT2D eigenvalue weighted by molar-refractivity contribution is 7.99. The van der Waals surface area contributed by atoms with E-state index in [1.54, 1.807) is 31.3 Å². The summed E-state index contributed by atoms with van der Waals surface area (Å²) in [5.41, 5.74) is 1.97. The summed E-state index contributed by atoms with van der Waals surface area (Å²) in [5, 5.41) is 3.61. The van der Waals surface area contributed by atoms with Crippen LogP contribution in [0.4, 0.5) is 11.5 Å². The number of benzene rings is 1. The van der Waals surface area contributed by atoms with Crippen molar-refractivity contribution in [1.82, 2.24) is 15.3 Å². The van der Waals surface area contributed by atoms with Crippen LogP contribution in [-0.2, 0) is 16.1 Å². The van der Waals surface area contributed by atoms with Crippen molar-refractivity contribution in [2.75, 3.05) is 24.6 Å². The van der Waals surface area contributed by atoms with E-state index >= 15 is 0 Å². The lowest BCUT2D eigenvalue weighted by atomic mass is 10.2. The third-order valence-corrected chi connectivity index (χ3v) is 4.58. The number of fused-ring (bicyclic) bond motifs is 2. The summed E-state index contributed by atoms with van der Waals surface area (Å²) >= 11 is 7.07. The molecule has 0 saturated carbocycles. The van der Waals surface area contributed by atoms with Gasteiger partial charge in [0.1, 0.15) is 17.6 Å². The Morgan fingerprint density at radius 1 is 1.39 bits per heavy atom. The third-order valence-electron chi connectivity index (χ3n) is 3.29. The van der Waals surface area contributed by atoms with Crippen LogP contribution < -0.4 is 10.2 Å². The second kappa shape index (κ2) is 7.16. The van der Waals surface area contributed by atoms with Gasteiger partial charge in [0.2, 0.25) is 5.91 Å². The molecule has 1 N–H and O–H groups in total. The van der Waals surface area contributed by atoms with E-state index < -0.39 is 0 Å². The van der Waals surface area contributed by atoms with Crippen molar-refractivity contribution in [3.05, 3.63) is 36.2 Å². The summed E-state index contributed by atoms with van der Waals surface area (Å²) in [7, 11) is 1.64. The van der Waals surface area contributed by atoms with Crippen LogP contribution in [0.1, 0.15) is 5.56 Å². The molecule has 8 heteroatoms. The molecule has 1 aliphatic heterocycles. The SMILES string of the molecule is COCN1c2cc(CNC(=O)CCl)ccc2Sc2nccnc21. The van der Waals surface area contributed by atoms with Gasteiger partial charge in [0, 0.05) is 30.9 Å². The zero-order valence-corrected chi connectivity index (χ0v) is 14.0. The number of amides is 1. The molecular weight excluding hydrogens is 336 g/mol. The zero-order chi connectivity index (χ0) is 16.2. The topological polar surface area (TPSA) is 67.3 Å². The summed E-state index contributed by atoms with van der Waals surface area (Å²) in [5.74, 6) is 0.539. The monoisotopic (exact) mass is 350 g/mol. The number of nitrogens with zero attached hydrogens (tertiary/aromatic N) is 3. The van der Waals surface area contributed by atoms with Crippen LogP contribution >= 0.6 is 23.4 Å². The summed E-state index contributed by atoms with van der Waals surface area (Å²) in [6, 6.07) is 6.02. The Morgan fingerprint density at radius 2 is 2.22 bits per heavy atom. The molecule has 1 aliphatic rings. The van der Waals surface area contributed by atoms with E-state index in [0.29, 0.717) is 13.3 Å². The smallest absolute Gasteiger partial charge is 0.235 e. The maximum atomic E-state index is 11.3. The predicted molar refractivity (Wildman–Crippen MR) is 89.2 cm³/mol. The Bertz CT molecular complexity index is 728. The number of carbonyl (C=O) groups is 1. The van der Waals surface area contributed by atoms with Gasteiger partial charge in [0.15, 0.2) is 5.82 Å². The number of ether oxygens (including phenoxy) is 1. The van der Waals surface area contributed by atoms with Crippen LogP contribution in [0.2, 0.25) is 0 Å². The quantitative estimate of drug-likeness (QED) is 0.836. The molecule has 0 unspecified atom stereocenters. The minimum Gasteiger partial charge on any atom is -0.364 e. The number of alkyl halides is 1. The van der Waals surface area contributed by atoms with E-state index in [1.807, 2.05) is 23.1 Å². The van der Waals surface area contributed by atoms with E-state index in [9.17, 15) is 4.79 Å². The Morgan fingerprint density at radius 3 is 3.00 bits per heavy atom. The molecule has 0 spiro atoms. The van der Waals surface area contributed by atoms with Gasteiger partial charge in [-0.25, -0.2) is 9.97 Å². The van der Waals surface area contributed by atoms with Crippen molar-refractivity contribution in [2.24, 2.45) is 0 Å². The Labute approximate surface area is 143 Å². The summed E-state index contributed by atoms with van der Waals surface area (Å²) in [4.78, 5) is 23.1. The molecule has 3 rings (SSSR count). The highest BCUT2D eigenvalue weighted by Crippen LogP contribution is 2.46. The van der Waals surface area contributed by atoms with E-state index in [-0.39, 0.29) is 11.8 Å². The number of nitrogens with one attached hydrogen (secondary N) is 1. The van der Waals surface area contributed by atoms with Crippen molar-refractivity contribution >= 4 is 40.8 Å². The maximum Gasteiger partial charge on any atom is 0.235 e. The molecular formula is C15H15ClN4O2S. The molecule has 0 aliphatic carbocycles. The number of halogens is 1. The van der Waals surface area contributed by atoms with Crippen LogP contribution in [0.25, 0.3) is 0 Å². The van der Waals surface area contributed by atoms with Gasteiger partial charge in [-0.15, -0.1) is 11.6 Å². The fourth-order valence-corrected chi connectivity index (χ4v) is 3.35. The number of methoxy groups -OCH3 is 1. The van der Waals surface area contributed by atoms with Gasteiger partial charge in [0.05, 0.1) is 5.69 Å². The van der Waals surface area contributed by atoms with Crippen LogP contribution in [0.5, 0.6) is 0 Å². The molecule has 1 aromatic carbocycles. The lowest BCUT2D eigenvalue weighted by molar-refractivity contribution is -0.118. The second-order valence-corrected chi connectivity index (χ2v) is 6.14. The van der Waals surface area contributed by atoms with E-state index in [2.05, 4.69) is 15.3 Å². The molecule has 0 bridgehead atoms. The molecule has 6 nitrogen and oxygen atoms in total. The second-order valence-electron chi connectivity index (χ2n) is 4.85. The molecule has 2 heterocycles. The first-order valence-electron chi connectivity index (χ1n) is 6.94. The molecule has 2 aromatic rings. The Hall–Kier alpha value is -1.83. The molecule has 1 amide bonds. The molecule has 0 atom stereocenters. The number of hydrogen-bond acceptors (Lipinski definition) is 6. The van der Waals surface area contributed by atoms with Crippen molar-refractivity contribution in [1.29, 1.82) is 0 Å².